The van der Waals surface area contributed by atoms with E-state index < -0.39 is 0 Å². The second-order valence-corrected chi connectivity index (χ2v) is 4.60. The zero-order valence-corrected chi connectivity index (χ0v) is 12.1. The molecule has 1 aromatic carbocycles. The van der Waals surface area contributed by atoms with Crippen LogP contribution in [0.2, 0.25) is 0 Å². The summed E-state index contributed by atoms with van der Waals surface area (Å²) in [6.07, 6.45) is 0.587. The van der Waals surface area contributed by atoms with E-state index >= 15 is 0 Å². The Kier molecular flexibility index (Phi) is 4.84. The molecule has 0 unspecified atom stereocenters. The van der Waals surface area contributed by atoms with Crippen molar-refractivity contribution in [3.8, 4) is 0 Å². The number of nitrogens with zero attached hydrogens (tertiary/aromatic N) is 2. The molecule has 1 heterocycles. The van der Waals surface area contributed by atoms with Crippen LogP contribution in [0.1, 0.15) is 23.1 Å². The number of methoxy groups -OCH3 is 1. The smallest absolute Gasteiger partial charge is 0.159 e. The molecule has 0 saturated carbocycles. The second kappa shape index (κ2) is 6.81. The van der Waals surface area contributed by atoms with E-state index in [1.54, 1.807) is 25.3 Å². The first-order chi connectivity index (χ1) is 10.1. The van der Waals surface area contributed by atoms with Crippen LogP contribution in [-0.4, -0.2) is 29.5 Å². The van der Waals surface area contributed by atoms with Gasteiger partial charge in [0.05, 0.1) is 6.61 Å². The molecule has 0 fully saturated rings. The number of anilines is 3. The van der Waals surface area contributed by atoms with Crippen molar-refractivity contribution in [1.29, 1.82) is 0 Å². The SMILES string of the molecule is COCCc1nc(N)cc(Nc2cccc(C(C)=O)c2)n1. The Hall–Kier alpha value is -2.47. The zero-order chi connectivity index (χ0) is 15.2. The summed E-state index contributed by atoms with van der Waals surface area (Å²) in [5, 5.41) is 3.13. The lowest BCUT2D eigenvalue weighted by Gasteiger charge is -2.09. The molecule has 0 spiro atoms. The molecule has 6 heteroatoms. The number of benzene rings is 1. The molecule has 0 aliphatic carbocycles. The Morgan fingerprint density at radius 1 is 1.33 bits per heavy atom. The lowest BCUT2D eigenvalue weighted by Crippen LogP contribution is -2.06. The van der Waals surface area contributed by atoms with Crippen molar-refractivity contribution in [2.75, 3.05) is 24.8 Å². The van der Waals surface area contributed by atoms with Crippen LogP contribution in [0.5, 0.6) is 0 Å². The Labute approximate surface area is 123 Å². The summed E-state index contributed by atoms with van der Waals surface area (Å²) in [6.45, 7) is 2.06. The topological polar surface area (TPSA) is 90.1 Å². The van der Waals surface area contributed by atoms with E-state index in [-0.39, 0.29) is 5.78 Å². The van der Waals surface area contributed by atoms with Crippen LogP contribution < -0.4 is 11.1 Å². The van der Waals surface area contributed by atoms with E-state index in [0.717, 1.165) is 5.69 Å². The number of hydrogen-bond acceptors (Lipinski definition) is 6. The minimum Gasteiger partial charge on any atom is -0.384 e. The highest BCUT2D eigenvalue weighted by molar-refractivity contribution is 5.95. The molecule has 0 aliphatic rings. The van der Waals surface area contributed by atoms with Crippen LogP contribution in [-0.2, 0) is 11.2 Å². The molecule has 110 valence electrons. The van der Waals surface area contributed by atoms with Gasteiger partial charge in [0.25, 0.3) is 0 Å². The number of carbonyl (C=O) groups excluding carboxylic acids is 1. The predicted octanol–water partition coefficient (Wildman–Crippen LogP) is 2.19. The van der Waals surface area contributed by atoms with Gasteiger partial charge in [-0.1, -0.05) is 12.1 Å². The molecule has 21 heavy (non-hydrogen) atoms. The first-order valence-corrected chi connectivity index (χ1v) is 6.59. The van der Waals surface area contributed by atoms with Crippen LogP contribution in [0.4, 0.5) is 17.3 Å². The van der Waals surface area contributed by atoms with Gasteiger partial charge in [0.15, 0.2) is 5.78 Å². The van der Waals surface area contributed by atoms with Gasteiger partial charge in [-0.15, -0.1) is 0 Å². The highest BCUT2D eigenvalue weighted by atomic mass is 16.5. The summed E-state index contributed by atoms with van der Waals surface area (Å²) in [5.74, 6) is 1.61. The minimum absolute atomic E-state index is 0.0154. The van der Waals surface area contributed by atoms with Crippen LogP contribution in [0.3, 0.4) is 0 Å². The fourth-order valence-corrected chi connectivity index (χ4v) is 1.85. The Bertz CT molecular complexity index is 643. The Morgan fingerprint density at radius 2 is 2.14 bits per heavy atom. The summed E-state index contributed by atoms with van der Waals surface area (Å²) in [6, 6.07) is 8.87. The normalized spacial score (nSPS) is 10.4. The number of nitrogen functional groups attached to an aromatic ring is 1. The Morgan fingerprint density at radius 3 is 2.86 bits per heavy atom. The highest BCUT2D eigenvalue weighted by Crippen LogP contribution is 2.18. The molecule has 2 rings (SSSR count). The van der Waals surface area contributed by atoms with Gasteiger partial charge in [-0.3, -0.25) is 4.79 Å². The molecule has 0 bridgehead atoms. The lowest BCUT2D eigenvalue weighted by molar-refractivity contribution is 0.101. The fraction of sp³-hybridized carbons (Fsp3) is 0.267. The van der Waals surface area contributed by atoms with E-state index in [4.69, 9.17) is 10.5 Å². The van der Waals surface area contributed by atoms with Gasteiger partial charge in [0.2, 0.25) is 0 Å². The molecule has 6 nitrogen and oxygen atoms in total. The van der Waals surface area contributed by atoms with Crippen molar-refractivity contribution in [2.24, 2.45) is 0 Å². The van der Waals surface area contributed by atoms with Crippen LogP contribution >= 0.6 is 0 Å². The lowest BCUT2D eigenvalue weighted by atomic mass is 10.1. The third-order valence-electron chi connectivity index (χ3n) is 2.86. The number of hydrogen-bond donors (Lipinski definition) is 2. The molecule has 3 N–H and O–H groups in total. The average Bonchev–Trinajstić information content (AvgIpc) is 2.45. The number of carbonyl (C=O) groups is 1. The van der Waals surface area contributed by atoms with Gasteiger partial charge < -0.3 is 15.8 Å². The van der Waals surface area contributed by atoms with Crippen molar-refractivity contribution in [3.05, 3.63) is 41.7 Å². The summed E-state index contributed by atoms with van der Waals surface area (Å²) in [7, 11) is 1.62. The number of nitrogens with two attached hydrogens (primary N) is 1. The van der Waals surface area contributed by atoms with Crippen LogP contribution in [0.15, 0.2) is 30.3 Å². The van der Waals surface area contributed by atoms with E-state index in [0.29, 0.717) is 36.1 Å². The molecule has 2 aromatic rings. The fourth-order valence-electron chi connectivity index (χ4n) is 1.85. The van der Waals surface area contributed by atoms with Crippen molar-refractivity contribution >= 4 is 23.1 Å². The quantitative estimate of drug-likeness (QED) is 0.791. The third-order valence-corrected chi connectivity index (χ3v) is 2.86. The zero-order valence-electron chi connectivity index (χ0n) is 12.1. The number of nitrogens with one attached hydrogen (secondary N) is 1. The van der Waals surface area contributed by atoms with Gasteiger partial charge in [0.1, 0.15) is 17.5 Å². The molecule has 0 aliphatic heterocycles. The highest BCUT2D eigenvalue weighted by Gasteiger charge is 2.05. The number of rotatable bonds is 6. The third kappa shape index (κ3) is 4.25. The molecular weight excluding hydrogens is 268 g/mol. The molecule has 0 saturated heterocycles. The van der Waals surface area contributed by atoms with Gasteiger partial charge in [-0.05, 0) is 19.1 Å². The van der Waals surface area contributed by atoms with Gasteiger partial charge in [-0.2, -0.15) is 0 Å². The Balaban J connectivity index is 2.20. The second-order valence-electron chi connectivity index (χ2n) is 4.60. The number of ether oxygens (including phenoxy) is 1. The molecule has 0 radical (unpaired) electrons. The summed E-state index contributed by atoms with van der Waals surface area (Å²) >= 11 is 0. The van der Waals surface area contributed by atoms with Gasteiger partial charge in [-0.25, -0.2) is 9.97 Å². The largest absolute Gasteiger partial charge is 0.384 e. The van der Waals surface area contributed by atoms with Gasteiger partial charge in [0, 0.05) is 30.8 Å². The van der Waals surface area contributed by atoms with Crippen molar-refractivity contribution in [1.82, 2.24) is 9.97 Å². The van der Waals surface area contributed by atoms with Gasteiger partial charge >= 0.3 is 0 Å². The van der Waals surface area contributed by atoms with Crippen molar-refractivity contribution in [3.63, 3.8) is 0 Å². The van der Waals surface area contributed by atoms with Crippen LogP contribution in [0.25, 0.3) is 0 Å². The van der Waals surface area contributed by atoms with E-state index in [2.05, 4.69) is 15.3 Å². The summed E-state index contributed by atoms with van der Waals surface area (Å²) < 4.78 is 5.01. The molecule has 0 amide bonds. The van der Waals surface area contributed by atoms with Crippen molar-refractivity contribution in [2.45, 2.75) is 13.3 Å². The maximum absolute atomic E-state index is 11.4. The van der Waals surface area contributed by atoms with E-state index in [1.807, 2.05) is 12.1 Å². The maximum atomic E-state index is 11.4. The average molecular weight is 286 g/mol. The molecular formula is C15H18N4O2. The molecule has 0 atom stereocenters. The number of Topliss-reactive ketones (excluding diaryl/α,β-unsaturated/α-hetero) is 1. The monoisotopic (exact) mass is 286 g/mol. The number of ketones is 1. The first kappa shape index (κ1) is 14.9. The number of aromatic nitrogens is 2. The summed E-state index contributed by atoms with van der Waals surface area (Å²) in [4.78, 5) is 19.9. The molecule has 1 aromatic heterocycles. The van der Waals surface area contributed by atoms with Crippen molar-refractivity contribution < 1.29 is 9.53 Å². The maximum Gasteiger partial charge on any atom is 0.159 e. The minimum atomic E-state index is 0.0154. The predicted molar refractivity (Wildman–Crippen MR) is 81.8 cm³/mol. The van der Waals surface area contributed by atoms with Crippen LogP contribution in [0, 0.1) is 0 Å². The van der Waals surface area contributed by atoms with E-state index in [1.165, 1.54) is 6.92 Å². The van der Waals surface area contributed by atoms with E-state index in [9.17, 15) is 4.79 Å². The first-order valence-electron chi connectivity index (χ1n) is 6.59. The summed E-state index contributed by atoms with van der Waals surface area (Å²) in [5.41, 5.74) is 7.19. The standard InChI is InChI=1S/C15H18N4O2/c1-10(20)11-4-3-5-12(8-11)17-15-9-13(16)18-14(19-15)6-7-21-2/h3-5,8-9H,6-7H2,1-2H3,(H3,16,17,18,19).